The van der Waals surface area contributed by atoms with Gasteiger partial charge in [0.15, 0.2) is 0 Å². The van der Waals surface area contributed by atoms with Crippen molar-refractivity contribution in [1.82, 2.24) is 10.3 Å². The van der Waals surface area contributed by atoms with E-state index in [0.717, 1.165) is 24.5 Å². The van der Waals surface area contributed by atoms with Crippen molar-refractivity contribution >= 4 is 0 Å². The molecule has 0 aromatic carbocycles. The fraction of sp³-hybridized carbons (Fsp3) is 0.615. The van der Waals surface area contributed by atoms with Crippen molar-refractivity contribution in [3.05, 3.63) is 23.9 Å². The van der Waals surface area contributed by atoms with Gasteiger partial charge in [0.25, 0.3) is 0 Å². The molecule has 1 unspecified atom stereocenters. The van der Waals surface area contributed by atoms with Crippen LogP contribution >= 0.6 is 0 Å². The van der Waals surface area contributed by atoms with Crippen LogP contribution < -0.4 is 10.1 Å². The summed E-state index contributed by atoms with van der Waals surface area (Å²) in [6, 6.07) is 6.62. The molecular weight excluding hydrogens is 200 g/mol. The lowest BCUT2D eigenvalue weighted by Gasteiger charge is -2.12. The molecule has 16 heavy (non-hydrogen) atoms. The van der Waals surface area contributed by atoms with Crippen LogP contribution in [-0.2, 0) is 6.42 Å². The highest BCUT2D eigenvalue weighted by atomic mass is 16.5. The molecule has 1 aliphatic rings. The summed E-state index contributed by atoms with van der Waals surface area (Å²) < 4.78 is 5.59. The van der Waals surface area contributed by atoms with Gasteiger partial charge < -0.3 is 10.1 Å². The van der Waals surface area contributed by atoms with Crippen LogP contribution in [0.3, 0.4) is 0 Å². The van der Waals surface area contributed by atoms with Gasteiger partial charge in [0.1, 0.15) is 0 Å². The number of pyridine rings is 1. The summed E-state index contributed by atoms with van der Waals surface area (Å²) in [5.41, 5.74) is 1.12. The molecule has 1 aromatic rings. The normalized spacial score (nSPS) is 20.3. The molecule has 1 N–H and O–H groups in total. The third-order valence-electron chi connectivity index (χ3n) is 2.76. The maximum Gasteiger partial charge on any atom is 0.213 e. The van der Waals surface area contributed by atoms with E-state index in [1.165, 1.54) is 12.8 Å². The number of rotatable bonds is 4. The summed E-state index contributed by atoms with van der Waals surface area (Å²) in [7, 11) is 0. The summed E-state index contributed by atoms with van der Waals surface area (Å²) in [4.78, 5) is 4.51. The Bertz CT molecular complexity index is 332. The molecule has 1 saturated heterocycles. The van der Waals surface area contributed by atoms with E-state index in [1.807, 2.05) is 26.0 Å². The summed E-state index contributed by atoms with van der Waals surface area (Å²) >= 11 is 0. The minimum absolute atomic E-state index is 0.187. The summed E-state index contributed by atoms with van der Waals surface area (Å²) in [5.74, 6) is 0.741. The molecule has 0 aliphatic carbocycles. The maximum absolute atomic E-state index is 5.59. The quantitative estimate of drug-likeness (QED) is 0.844. The molecule has 1 aromatic heterocycles. The second kappa shape index (κ2) is 5.30. The third kappa shape index (κ3) is 3.20. The first-order valence-corrected chi connectivity index (χ1v) is 6.10. The van der Waals surface area contributed by atoms with Gasteiger partial charge in [-0.05, 0) is 39.3 Å². The van der Waals surface area contributed by atoms with E-state index >= 15 is 0 Å². The standard InChI is InChI=1S/C13H20N2O/c1-10(2)16-13-7-3-5-12(15-13)9-11-6-4-8-14-11/h3,5,7,10-11,14H,4,6,8-9H2,1-2H3. The molecule has 3 heteroatoms. The van der Waals surface area contributed by atoms with Gasteiger partial charge in [-0.2, -0.15) is 0 Å². The second-order valence-corrected chi connectivity index (χ2v) is 4.63. The summed E-state index contributed by atoms with van der Waals surface area (Å²) in [6.07, 6.45) is 3.74. The van der Waals surface area contributed by atoms with Crippen LogP contribution in [0.4, 0.5) is 0 Å². The van der Waals surface area contributed by atoms with Gasteiger partial charge in [0.05, 0.1) is 6.10 Å². The Morgan fingerprint density at radius 3 is 3.06 bits per heavy atom. The minimum atomic E-state index is 0.187. The molecule has 1 aliphatic heterocycles. The highest BCUT2D eigenvalue weighted by Gasteiger charge is 2.15. The topological polar surface area (TPSA) is 34.1 Å². The third-order valence-corrected chi connectivity index (χ3v) is 2.76. The van der Waals surface area contributed by atoms with Gasteiger partial charge in [-0.3, -0.25) is 0 Å². The average Bonchev–Trinajstić information content (AvgIpc) is 2.70. The Morgan fingerprint density at radius 2 is 2.38 bits per heavy atom. The molecule has 0 saturated carbocycles. The Morgan fingerprint density at radius 1 is 1.50 bits per heavy atom. The molecule has 0 spiro atoms. The van der Waals surface area contributed by atoms with Crippen LogP contribution in [0, 0.1) is 0 Å². The van der Waals surface area contributed by atoms with Gasteiger partial charge in [0.2, 0.25) is 5.88 Å². The van der Waals surface area contributed by atoms with Gasteiger partial charge >= 0.3 is 0 Å². The zero-order valence-corrected chi connectivity index (χ0v) is 10.1. The van der Waals surface area contributed by atoms with Gasteiger partial charge in [-0.25, -0.2) is 4.98 Å². The van der Waals surface area contributed by atoms with Crippen LogP contribution in [0.5, 0.6) is 5.88 Å². The Kier molecular flexibility index (Phi) is 3.78. The monoisotopic (exact) mass is 220 g/mol. The number of ether oxygens (including phenoxy) is 1. The number of hydrogen-bond acceptors (Lipinski definition) is 3. The SMILES string of the molecule is CC(C)Oc1cccc(CC2CCCN2)n1. The van der Waals surface area contributed by atoms with E-state index in [4.69, 9.17) is 4.74 Å². The van der Waals surface area contributed by atoms with Crippen molar-refractivity contribution in [3.63, 3.8) is 0 Å². The molecule has 1 fully saturated rings. The molecular formula is C13H20N2O. The van der Waals surface area contributed by atoms with E-state index in [9.17, 15) is 0 Å². The largest absolute Gasteiger partial charge is 0.475 e. The number of hydrogen-bond donors (Lipinski definition) is 1. The van der Waals surface area contributed by atoms with Crippen LogP contribution in [0.15, 0.2) is 18.2 Å². The maximum atomic E-state index is 5.59. The van der Waals surface area contributed by atoms with Gasteiger partial charge in [0, 0.05) is 24.2 Å². The Hall–Kier alpha value is -1.09. The molecule has 1 atom stereocenters. The van der Waals surface area contributed by atoms with Crippen LogP contribution in [0.1, 0.15) is 32.4 Å². The predicted molar refractivity (Wildman–Crippen MR) is 64.7 cm³/mol. The average molecular weight is 220 g/mol. The van der Waals surface area contributed by atoms with Gasteiger partial charge in [-0.15, -0.1) is 0 Å². The lowest BCUT2D eigenvalue weighted by molar-refractivity contribution is 0.232. The smallest absolute Gasteiger partial charge is 0.213 e. The summed E-state index contributed by atoms with van der Waals surface area (Å²) in [5, 5.41) is 3.48. The molecule has 88 valence electrons. The van der Waals surface area contributed by atoms with E-state index in [0.29, 0.717) is 6.04 Å². The van der Waals surface area contributed by atoms with Crippen molar-refractivity contribution < 1.29 is 4.74 Å². The molecule has 2 rings (SSSR count). The fourth-order valence-corrected chi connectivity index (χ4v) is 2.06. The van der Waals surface area contributed by atoms with Crippen LogP contribution in [0.25, 0.3) is 0 Å². The van der Waals surface area contributed by atoms with Crippen molar-refractivity contribution in [2.45, 2.75) is 45.3 Å². The van der Waals surface area contributed by atoms with Crippen molar-refractivity contribution in [3.8, 4) is 5.88 Å². The summed E-state index contributed by atoms with van der Waals surface area (Å²) in [6.45, 7) is 5.19. The molecule has 0 amide bonds. The number of nitrogens with zero attached hydrogens (tertiary/aromatic N) is 1. The first kappa shape index (κ1) is 11.4. The number of nitrogens with one attached hydrogen (secondary N) is 1. The highest BCUT2D eigenvalue weighted by Crippen LogP contribution is 2.14. The highest BCUT2D eigenvalue weighted by molar-refractivity contribution is 5.17. The lowest BCUT2D eigenvalue weighted by atomic mass is 10.1. The zero-order valence-electron chi connectivity index (χ0n) is 10.1. The van der Waals surface area contributed by atoms with Crippen molar-refractivity contribution in [1.29, 1.82) is 0 Å². The Balaban J connectivity index is 1.97. The molecule has 3 nitrogen and oxygen atoms in total. The van der Waals surface area contributed by atoms with E-state index < -0.39 is 0 Å². The lowest BCUT2D eigenvalue weighted by Crippen LogP contribution is -2.24. The Labute approximate surface area is 97.2 Å². The van der Waals surface area contributed by atoms with Crippen LogP contribution in [0.2, 0.25) is 0 Å². The zero-order chi connectivity index (χ0) is 11.4. The van der Waals surface area contributed by atoms with Gasteiger partial charge in [-0.1, -0.05) is 6.07 Å². The minimum Gasteiger partial charge on any atom is -0.475 e. The molecule has 0 radical (unpaired) electrons. The van der Waals surface area contributed by atoms with Crippen molar-refractivity contribution in [2.75, 3.05) is 6.54 Å². The van der Waals surface area contributed by atoms with Crippen LogP contribution in [-0.4, -0.2) is 23.7 Å². The molecule has 2 heterocycles. The second-order valence-electron chi connectivity index (χ2n) is 4.63. The van der Waals surface area contributed by atoms with E-state index in [-0.39, 0.29) is 6.10 Å². The molecule has 0 bridgehead atoms. The predicted octanol–water partition coefficient (Wildman–Crippen LogP) is 2.16. The van der Waals surface area contributed by atoms with E-state index in [1.54, 1.807) is 0 Å². The number of aromatic nitrogens is 1. The first-order chi connectivity index (χ1) is 7.74. The van der Waals surface area contributed by atoms with E-state index in [2.05, 4.69) is 16.4 Å². The fourth-order valence-electron chi connectivity index (χ4n) is 2.06. The first-order valence-electron chi connectivity index (χ1n) is 6.10. The van der Waals surface area contributed by atoms with Crippen molar-refractivity contribution in [2.24, 2.45) is 0 Å².